The number of carbonyl (C=O) groups excluding carboxylic acids is 3. The van der Waals surface area contributed by atoms with Crippen LogP contribution in [-0.4, -0.2) is 35.7 Å². The van der Waals surface area contributed by atoms with Crippen molar-refractivity contribution in [3.8, 4) is 0 Å². The molecule has 1 amide bonds. The second-order valence-corrected chi connectivity index (χ2v) is 7.13. The van der Waals surface area contributed by atoms with E-state index in [1.54, 1.807) is 26.0 Å². The van der Waals surface area contributed by atoms with Crippen molar-refractivity contribution in [2.45, 2.75) is 46.5 Å². The van der Waals surface area contributed by atoms with Crippen LogP contribution in [0.5, 0.6) is 0 Å². The van der Waals surface area contributed by atoms with Gasteiger partial charge in [-0.15, -0.1) is 0 Å². The number of nitrogens with one attached hydrogen (secondary N) is 1. The molecule has 0 spiro atoms. The minimum Gasteiger partial charge on any atom is -0.462 e. The van der Waals surface area contributed by atoms with Crippen molar-refractivity contribution in [1.82, 2.24) is 4.68 Å². The van der Waals surface area contributed by atoms with E-state index in [1.165, 1.54) is 10.9 Å². The molecule has 1 fully saturated rings. The van der Waals surface area contributed by atoms with Crippen molar-refractivity contribution in [3.05, 3.63) is 57.9 Å². The summed E-state index contributed by atoms with van der Waals surface area (Å²) in [5.41, 5.74) is 6.30. The number of rotatable bonds is 7. The van der Waals surface area contributed by atoms with Crippen LogP contribution < -0.4 is 5.43 Å². The Bertz CT molecular complexity index is 956. The van der Waals surface area contributed by atoms with Gasteiger partial charge < -0.3 is 9.47 Å². The molecule has 0 bridgehead atoms. The van der Waals surface area contributed by atoms with E-state index in [0.29, 0.717) is 11.1 Å². The van der Waals surface area contributed by atoms with Crippen LogP contribution in [0, 0.1) is 13.8 Å². The van der Waals surface area contributed by atoms with Crippen LogP contribution in [-0.2, 0) is 9.47 Å². The standard InChI is InChI=1S/C22H26N2O5/c1-5-28-21(26)17-12-24(19(22(27)29-6-2)18(17)15-9-10-15)23-20(25)16-8-7-13(3)14(4)11-16/h7-8,11-12,15H,5-6,9-10H2,1-4H3,(H,23,25). The quantitative estimate of drug-likeness (QED) is 0.719. The van der Waals surface area contributed by atoms with Crippen molar-refractivity contribution in [2.75, 3.05) is 18.6 Å². The number of benzene rings is 1. The molecule has 0 atom stereocenters. The third-order valence-corrected chi connectivity index (χ3v) is 4.99. The first-order valence-electron chi connectivity index (χ1n) is 9.85. The maximum atomic E-state index is 12.8. The van der Waals surface area contributed by atoms with Gasteiger partial charge in [0, 0.05) is 17.3 Å². The number of hydrogen-bond acceptors (Lipinski definition) is 5. The Labute approximate surface area is 170 Å². The van der Waals surface area contributed by atoms with Crippen LogP contribution in [0.4, 0.5) is 0 Å². The Balaban J connectivity index is 2.02. The maximum Gasteiger partial charge on any atom is 0.357 e. The van der Waals surface area contributed by atoms with Gasteiger partial charge >= 0.3 is 11.9 Å². The monoisotopic (exact) mass is 398 g/mol. The van der Waals surface area contributed by atoms with Gasteiger partial charge in [0.15, 0.2) is 5.69 Å². The van der Waals surface area contributed by atoms with Gasteiger partial charge in [-0.2, -0.15) is 0 Å². The van der Waals surface area contributed by atoms with E-state index in [9.17, 15) is 14.4 Å². The third kappa shape index (κ3) is 4.34. The number of aryl methyl sites for hydroxylation is 2. The highest BCUT2D eigenvalue weighted by molar-refractivity contribution is 6.03. The molecule has 7 nitrogen and oxygen atoms in total. The van der Waals surface area contributed by atoms with Gasteiger partial charge in [-0.05, 0) is 69.7 Å². The van der Waals surface area contributed by atoms with Crippen molar-refractivity contribution in [1.29, 1.82) is 0 Å². The van der Waals surface area contributed by atoms with Crippen LogP contribution >= 0.6 is 0 Å². The SMILES string of the molecule is CCOC(=O)c1cn(NC(=O)c2ccc(C)c(C)c2)c(C(=O)OCC)c1C1CC1. The summed E-state index contributed by atoms with van der Waals surface area (Å²) in [6.07, 6.45) is 3.19. The molecule has 154 valence electrons. The largest absolute Gasteiger partial charge is 0.462 e. The van der Waals surface area contributed by atoms with Crippen LogP contribution in [0.2, 0.25) is 0 Å². The van der Waals surface area contributed by atoms with Crippen LogP contribution in [0.1, 0.15) is 80.5 Å². The zero-order valence-electron chi connectivity index (χ0n) is 17.2. The van der Waals surface area contributed by atoms with Crippen LogP contribution in [0.25, 0.3) is 0 Å². The third-order valence-electron chi connectivity index (χ3n) is 4.99. The van der Waals surface area contributed by atoms with E-state index in [-0.39, 0.29) is 36.3 Å². The molecule has 1 aromatic heterocycles. The fourth-order valence-electron chi connectivity index (χ4n) is 3.23. The fraction of sp³-hybridized carbons (Fsp3) is 0.409. The lowest BCUT2D eigenvalue weighted by Gasteiger charge is -2.12. The molecule has 0 radical (unpaired) electrons. The molecule has 1 saturated carbocycles. The molecular weight excluding hydrogens is 372 g/mol. The number of nitrogens with zero attached hydrogens (tertiary/aromatic N) is 1. The van der Waals surface area contributed by atoms with Crippen molar-refractivity contribution < 1.29 is 23.9 Å². The topological polar surface area (TPSA) is 86.6 Å². The molecule has 7 heteroatoms. The molecule has 0 aliphatic heterocycles. The van der Waals surface area contributed by atoms with Crippen LogP contribution in [0.3, 0.4) is 0 Å². The predicted molar refractivity (Wildman–Crippen MR) is 108 cm³/mol. The molecule has 1 aromatic carbocycles. The highest BCUT2D eigenvalue weighted by atomic mass is 16.5. The summed E-state index contributed by atoms with van der Waals surface area (Å²) in [4.78, 5) is 38.0. The van der Waals surface area contributed by atoms with E-state index in [0.717, 1.165) is 24.0 Å². The number of carbonyl (C=O) groups is 3. The highest BCUT2D eigenvalue weighted by Gasteiger charge is 2.37. The lowest BCUT2D eigenvalue weighted by molar-refractivity contribution is 0.0513. The zero-order chi connectivity index (χ0) is 21.1. The summed E-state index contributed by atoms with van der Waals surface area (Å²) in [6, 6.07) is 5.37. The Morgan fingerprint density at radius 3 is 2.28 bits per heavy atom. The Hall–Kier alpha value is -3.09. The molecular formula is C22H26N2O5. The summed E-state index contributed by atoms with van der Waals surface area (Å²) in [5.74, 6) is -1.40. The number of aromatic nitrogens is 1. The molecule has 29 heavy (non-hydrogen) atoms. The normalized spacial score (nSPS) is 13.1. The van der Waals surface area contributed by atoms with E-state index >= 15 is 0 Å². The van der Waals surface area contributed by atoms with Crippen LogP contribution in [0.15, 0.2) is 24.4 Å². The molecule has 0 unspecified atom stereocenters. The van der Waals surface area contributed by atoms with E-state index in [4.69, 9.17) is 9.47 Å². The second-order valence-electron chi connectivity index (χ2n) is 7.13. The minimum absolute atomic E-state index is 0.0774. The first-order valence-corrected chi connectivity index (χ1v) is 9.85. The highest BCUT2D eigenvalue weighted by Crippen LogP contribution is 2.44. The summed E-state index contributed by atoms with van der Waals surface area (Å²) in [7, 11) is 0. The van der Waals surface area contributed by atoms with E-state index < -0.39 is 11.9 Å². The zero-order valence-corrected chi connectivity index (χ0v) is 17.2. The maximum absolute atomic E-state index is 12.8. The number of ether oxygens (including phenoxy) is 2. The number of hydrogen-bond donors (Lipinski definition) is 1. The number of esters is 2. The lowest BCUT2D eigenvalue weighted by Crippen LogP contribution is -2.26. The van der Waals surface area contributed by atoms with Gasteiger partial charge in [-0.1, -0.05) is 6.07 Å². The second kappa shape index (κ2) is 8.51. The van der Waals surface area contributed by atoms with E-state index in [1.807, 2.05) is 19.9 Å². The molecule has 3 rings (SSSR count). The smallest absolute Gasteiger partial charge is 0.357 e. The molecule has 1 aliphatic carbocycles. The van der Waals surface area contributed by atoms with Gasteiger partial charge in [0.1, 0.15) is 0 Å². The summed E-state index contributed by atoms with van der Waals surface area (Å²) in [5, 5.41) is 0. The van der Waals surface area contributed by atoms with Crippen molar-refractivity contribution in [2.24, 2.45) is 0 Å². The first-order chi connectivity index (χ1) is 13.9. The lowest BCUT2D eigenvalue weighted by atomic mass is 10.1. The fourth-order valence-corrected chi connectivity index (χ4v) is 3.23. The molecule has 1 aliphatic rings. The summed E-state index contributed by atoms with van der Waals surface area (Å²) in [6.45, 7) is 7.73. The summed E-state index contributed by atoms with van der Waals surface area (Å²) >= 11 is 0. The Morgan fingerprint density at radius 1 is 1.03 bits per heavy atom. The van der Waals surface area contributed by atoms with Gasteiger partial charge in [-0.3, -0.25) is 14.9 Å². The minimum atomic E-state index is -0.578. The van der Waals surface area contributed by atoms with Gasteiger partial charge in [-0.25, -0.2) is 9.59 Å². The number of amides is 1. The average Bonchev–Trinajstić information content (AvgIpc) is 3.45. The Morgan fingerprint density at radius 2 is 1.69 bits per heavy atom. The molecule has 0 saturated heterocycles. The predicted octanol–water partition coefficient (Wildman–Crippen LogP) is 3.72. The average molecular weight is 398 g/mol. The van der Waals surface area contributed by atoms with Gasteiger partial charge in [0.25, 0.3) is 5.91 Å². The van der Waals surface area contributed by atoms with E-state index in [2.05, 4.69) is 5.43 Å². The first kappa shape index (κ1) is 20.6. The van der Waals surface area contributed by atoms with Gasteiger partial charge in [0.2, 0.25) is 0 Å². The van der Waals surface area contributed by atoms with Crippen molar-refractivity contribution in [3.63, 3.8) is 0 Å². The molecule has 2 aromatic rings. The molecule has 1 N–H and O–H groups in total. The van der Waals surface area contributed by atoms with Crippen molar-refractivity contribution >= 4 is 17.8 Å². The Kier molecular flexibility index (Phi) is 6.06. The van der Waals surface area contributed by atoms with Gasteiger partial charge in [0.05, 0.1) is 18.8 Å². The summed E-state index contributed by atoms with van der Waals surface area (Å²) < 4.78 is 11.7. The molecule has 1 heterocycles.